The normalized spacial score (nSPS) is 11.2. The maximum Gasteiger partial charge on any atom is 0.271 e. The van der Waals surface area contributed by atoms with Crippen LogP contribution < -0.4 is 10.0 Å². The molecule has 3 rings (SSSR count). The lowest BCUT2D eigenvalue weighted by Crippen LogP contribution is -2.14. The van der Waals surface area contributed by atoms with Crippen LogP contribution in [0, 0.1) is 0 Å². The minimum absolute atomic E-state index is 0.215. The van der Waals surface area contributed by atoms with E-state index in [1.165, 1.54) is 18.3 Å². The fraction of sp³-hybridized carbons (Fsp3) is 0.0667. The van der Waals surface area contributed by atoms with Crippen molar-refractivity contribution < 1.29 is 13.2 Å². The summed E-state index contributed by atoms with van der Waals surface area (Å²) in [5.41, 5.74) is 1.22. The largest absolute Gasteiger partial charge is 0.319 e. The molecular formula is C15H14N4O3S2. The van der Waals surface area contributed by atoms with Gasteiger partial charge in [0.05, 0.1) is 11.9 Å². The molecular weight excluding hydrogens is 348 g/mol. The summed E-state index contributed by atoms with van der Waals surface area (Å²) in [5, 5.41) is 8.36. The Morgan fingerprint density at radius 1 is 1.21 bits per heavy atom. The lowest BCUT2D eigenvalue weighted by Gasteiger charge is -2.08. The third-order valence-corrected chi connectivity index (χ3v) is 5.88. The Morgan fingerprint density at radius 3 is 2.71 bits per heavy atom. The molecule has 0 aliphatic heterocycles. The zero-order valence-corrected chi connectivity index (χ0v) is 14.3. The van der Waals surface area contributed by atoms with Gasteiger partial charge in [-0.25, -0.2) is 8.42 Å². The molecule has 1 amide bonds. The summed E-state index contributed by atoms with van der Waals surface area (Å²) in [4.78, 5) is 12.2. The van der Waals surface area contributed by atoms with Crippen molar-refractivity contribution in [1.29, 1.82) is 0 Å². The number of nitrogens with one attached hydrogen (secondary N) is 2. The van der Waals surface area contributed by atoms with Crippen molar-refractivity contribution in [3.63, 3.8) is 0 Å². The van der Waals surface area contributed by atoms with Gasteiger partial charge in [-0.3, -0.25) is 14.2 Å². The van der Waals surface area contributed by atoms with Crippen LogP contribution >= 0.6 is 11.3 Å². The van der Waals surface area contributed by atoms with Crippen LogP contribution in [0.2, 0.25) is 0 Å². The second-order valence-corrected chi connectivity index (χ2v) is 7.83. The highest BCUT2D eigenvalue weighted by atomic mass is 32.2. The Labute approximate surface area is 143 Å². The Balaban J connectivity index is 1.78. The summed E-state index contributed by atoms with van der Waals surface area (Å²) in [7, 11) is -1.90. The number of sulfonamides is 1. The average Bonchev–Trinajstić information content (AvgIpc) is 3.19. The Hall–Kier alpha value is -2.65. The number of nitrogens with zero attached hydrogens (tertiary/aromatic N) is 2. The van der Waals surface area contributed by atoms with E-state index < -0.39 is 10.0 Å². The molecule has 0 radical (unpaired) electrons. The monoisotopic (exact) mass is 362 g/mol. The average molecular weight is 362 g/mol. The number of hydrogen-bond acceptors (Lipinski definition) is 5. The van der Waals surface area contributed by atoms with Crippen LogP contribution in [0.1, 0.15) is 10.4 Å². The number of anilines is 2. The van der Waals surface area contributed by atoms with E-state index in [4.69, 9.17) is 0 Å². The van der Waals surface area contributed by atoms with Gasteiger partial charge in [0.1, 0.15) is 4.21 Å². The van der Waals surface area contributed by atoms with Gasteiger partial charge in [0.15, 0.2) is 0 Å². The number of amides is 1. The molecule has 0 saturated heterocycles. The molecule has 2 heterocycles. The van der Waals surface area contributed by atoms with E-state index in [0.717, 1.165) is 11.3 Å². The van der Waals surface area contributed by atoms with Crippen molar-refractivity contribution in [2.45, 2.75) is 4.21 Å². The lowest BCUT2D eigenvalue weighted by atomic mass is 10.2. The van der Waals surface area contributed by atoms with E-state index in [1.807, 2.05) is 0 Å². The maximum atomic E-state index is 12.2. The van der Waals surface area contributed by atoms with Gasteiger partial charge in [0.2, 0.25) is 0 Å². The smallest absolute Gasteiger partial charge is 0.271 e. The first-order valence-corrected chi connectivity index (χ1v) is 9.27. The van der Waals surface area contributed by atoms with Crippen molar-refractivity contribution in [3.05, 3.63) is 59.7 Å². The van der Waals surface area contributed by atoms with Crippen LogP contribution in [-0.2, 0) is 17.1 Å². The van der Waals surface area contributed by atoms with Crippen molar-refractivity contribution in [3.8, 4) is 0 Å². The molecule has 3 aromatic rings. The lowest BCUT2D eigenvalue weighted by molar-refractivity contribution is 0.102. The van der Waals surface area contributed by atoms with Gasteiger partial charge in [-0.15, -0.1) is 11.3 Å². The van der Waals surface area contributed by atoms with Crippen LogP contribution in [0.25, 0.3) is 0 Å². The number of carbonyl (C=O) groups excluding carboxylic acids is 1. The van der Waals surface area contributed by atoms with Crippen LogP contribution in [0.4, 0.5) is 11.4 Å². The third-order valence-electron chi connectivity index (χ3n) is 3.10. The minimum atomic E-state index is -3.64. The quantitative estimate of drug-likeness (QED) is 0.729. The van der Waals surface area contributed by atoms with Crippen LogP contribution in [0.15, 0.2) is 58.4 Å². The summed E-state index contributed by atoms with van der Waals surface area (Å²) < 4.78 is 28.7. The number of carbonyl (C=O) groups is 1. The van der Waals surface area contributed by atoms with Gasteiger partial charge < -0.3 is 5.32 Å². The van der Waals surface area contributed by atoms with Crippen LogP contribution in [0.5, 0.6) is 0 Å². The van der Waals surface area contributed by atoms with Crippen molar-refractivity contribution in [1.82, 2.24) is 9.78 Å². The summed E-state index contributed by atoms with van der Waals surface area (Å²) in [6.07, 6.45) is 3.20. The first kappa shape index (κ1) is 16.2. The van der Waals surface area contributed by atoms with Crippen LogP contribution in [-0.4, -0.2) is 24.1 Å². The Bertz CT molecular complexity index is 962. The molecule has 0 aliphatic rings. The Kier molecular flexibility index (Phi) is 4.36. The first-order chi connectivity index (χ1) is 11.4. The molecule has 0 spiro atoms. The summed E-state index contributed by atoms with van der Waals surface area (Å²) in [6, 6.07) is 9.48. The van der Waals surface area contributed by atoms with E-state index in [-0.39, 0.29) is 10.1 Å². The number of rotatable bonds is 5. The predicted molar refractivity (Wildman–Crippen MR) is 92.7 cm³/mol. The van der Waals surface area contributed by atoms with E-state index in [1.54, 1.807) is 47.6 Å². The molecule has 2 aromatic heterocycles. The zero-order chi connectivity index (χ0) is 17.2. The minimum Gasteiger partial charge on any atom is -0.319 e. The van der Waals surface area contributed by atoms with Gasteiger partial charge in [-0.1, -0.05) is 12.1 Å². The highest BCUT2D eigenvalue weighted by Crippen LogP contribution is 2.21. The van der Waals surface area contributed by atoms with Gasteiger partial charge in [0, 0.05) is 24.5 Å². The number of hydrogen-bond donors (Lipinski definition) is 2. The summed E-state index contributed by atoms with van der Waals surface area (Å²) in [6.45, 7) is 0. The standard InChI is InChI=1S/C15H14N4O3S2/c1-19-10-13(9-16-19)17-15(20)11-4-2-5-12(8-11)18-24(21,22)14-6-3-7-23-14/h2-10,18H,1H3,(H,17,20). The van der Waals surface area contributed by atoms with E-state index in [2.05, 4.69) is 15.1 Å². The van der Waals surface area contributed by atoms with Crippen molar-refractivity contribution in [2.75, 3.05) is 10.0 Å². The zero-order valence-electron chi connectivity index (χ0n) is 12.6. The molecule has 124 valence electrons. The SMILES string of the molecule is Cn1cc(NC(=O)c2cccc(NS(=O)(=O)c3cccs3)c2)cn1. The molecule has 24 heavy (non-hydrogen) atoms. The fourth-order valence-corrected chi connectivity index (χ4v) is 4.08. The number of aryl methyl sites for hydroxylation is 1. The van der Waals surface area contributed by atoms with E-state index in [0.29, 0.717) is 16.9 Å². The molecule has 0 saturated carbocycles. The summed E-state index contributed by atoms with van der Waals surface area (Å²) >= 11 is 1.12. The third kappa shape index (κ3) is 3.63. The van der Waals surface area contributed by atoms with Gasteiger partial charge in [-0.2, -0.15) is 5.10 Å². The fourth-order valence-electron chi connectivity index (χ4n) is 2.03. The van der Waals surface area contributed by atoms with Gasteiger partial charge in [0.25, 0.3) is 15.9 Å². The molecule has 1 aromatic carbocycles. The highest BCUT2D eigenvalue weighted by molar-refractivity contribution is 7.94. The number of benzene rings is 1. The second-order valence-electron chi connectivity index (χ2n) is 4.98. The first-order valence-electron chi connectivity index (χ1n) is 6.90. The van der Waals surface area contributed by atoms with Crippen molar-refractivity contribution >= 4 is 38.6 Å². The number of thiophene rings is 1. The molecule has 0 aliphatic carbocycles. The van der Waals surface area contributed by atoms with Crippen molar-refractivity contribution in [2.24, 2.45) is 7.05 Å². The molecule has 9 heteroatoms. The topological polar surface area (TPSA) is 93.1 Å². The predicted octanol–water partition coefficient (Wildman–Crippen LogP) is 2.53. The molecule has 0 unspecified atom stereocenters. The molecule has 0 bridgehead atoms. The van der Waals surface area contributed by atoms with Gasteiger partial charge in [-0.05, 0) is 29.6 Å². The van der Waals surface area contributed by atoms with E-state index >= 15 is 0 Å². The maximum absolute atomic E-state index is 12.2. The molecule has 0 fully saturated rings. The van der Waals surface area contributed by atoms with Gasteiger partial charge >= 0.3 is 0 Å². The summed E-state index contributed by atoms with van der Waals surface area (Å²) in [5.74, 6) is -0.347. The Morgan fingerprint density at radius 2 is 2.04 bits per heavy atom. The molecule has 7 nitrogen and oxygen atoms in total. The van der Waals surface area contributed by atoms with Crippen LogP contribution in [0.3, 0.4) is 0 Å². The number of aromatic nitrogens is 2. The molecule has 0 atom stereocenters. The molecule has 2 N–H and O–H groups in total. The second kappa shape index (κ2) is 6.46. The highest BCUT2D eigenvalue weighted by Gasteiger charge is 2.16. The van der Waals surface area contributed by atoms with E-state index in [9.17, 15) is 13.2 Å².